The molecule has 0 bridgehead atoms. The van der Waals surface area contributed by atoms with Gasteiger partial charge >= 0.3 is 0 Å². The topological polar surface area (TPSA) is 35.2 Å². The van der Waals surface area contributed by atoms with Gasteiger partial charge in [0.15, 0.2) is 0 Å². The number of rotatable bonds is 3. The summed E-state index contributed by atoms with van der Waals surface area (Å²) in [4.78, 5) is 0. The maximum atomic E-state index is 13.1. The molecule has 2 N–H and O–H groups in total. The van der Waals surface area contributed by atoms with E-state index in [1.807, 2.05) is 0 Å². The molecule has 1 saturated carbocycles. The summed E-state index contributed by atoms with van der Waals surface area (Å²) < 4.78 is 19.1. The van der Waals surface area contributed by atoms with E-state index < -0.39 is 0 Å². The van der Waals surface area contributed by atoms with Gasteiger partial charge in [0.25, 0.3) is 0 Å². The van der Waals surface area contributed by atoms with Crippen LogP contribution in [0.4, 0.5) is 4.39 Å². The van der Waals surface area contributed by atoms with Gasteiger partial charge in [0.2, 0.25) is 0 Å². The minimum Gasteiger partial charge on any atom is -0.490 e. The average molecular weight is 251 g/mol. The fraction of sp³-hybridized carbons (Fsp3) is 0.600. The molecule has 100 valence electrons. The highest BCUT2D eigenvalue weighted by Gasteiger charge is 2.28. The Morgan fingerprint density at radius 3 is 2.61 bits per heavy atom. The Bertz CT molecular complexity index is 407. The van der Waals surface area contributed by atoms with E-state index in [0.29, 0.717) is 12.0 Å². The maximum Gasteiger partial charge on any atom is 0.124 e. The number of benzene rings is 1. The van der Waals surface area contributed by atoms with E-state index in [9.17, 15) is 4.39 Å². The van der Waals surface area contributed by atoms with Crippen LogP contribution in [0.25, 0.3) is 0 Å². The van der Waals surface area contributed by atoms with E-state index in [0.717, 1.165) is 24.2 Å². The Balaban J connectivity index is 2.02. The van der Waals surface area contributed by atoms with Crippen molar-refractivity contribution in [1.82, 2.24) is 0 Å². The van der Waals surface area contributed by atoms with E-state index in [1.165, 1.54) is 25.0 Å². The van der Waals surface area contributed by atoms with Crippen molar-refractivity contribution >= 4 is 0 Å². The molecule has 0 heterocycles. The third kappa shape index (κ3) is 3.22. The second-order valence-electron chi connectivity index (χ2n) is 5.94. The molecule has 1 aliphatic carbocycles. The van der Waals surface area contributed by atoms with E-state index in [-0.39, 0.29) is 11.9 Å². The monoisotopic (exact) mass is 251 g/mol. The zero-order valence-electron chi connectivity index (χ0n) is 11.2. The summed E-state index contributed by atoms with van der Waals surface area (Å²) in [6, 6.07) is 4.58. The normalized spacial score (nSPS) is 19.8. The van der Waals surface area contributed by atoms with Gasteiger partial charge in [0.05, 0.1) is 6.10 Å². The number of nitrogens with two attached hydrogens (primary N) is 1. The van der Waals surface area contributed by atoms with Crippen molar-refractivity contribution < 1.29 is 9.13 Å². The smallest absolute Gasteiger partial charge is 0.124 e. The summed E-state index contributed by atoms with van der Waals surface area (Å²) in [6.45, 7) is 4.91. The number of ether oxygens (including phenoxy) is 1. The van der Waals surface area contributed by atoms with Crippen LogP contribution in [0.2, 0.25) is 0 Å². The summed E-state index contributed by atoms with van der Waals surface area (Å²) >= 11 is 0. The highest BCUT2D eigenvalue weighted by Crippen LogP contribution is 2.37. The Morgan fingerprint density at radius 2 is 2.00 bits per heavy atom. The lowest BCUT2D eigenvalue weighted by atomic mass is 9.76. The molecule has 0 radical (unpaired) electrons. The summed E-state index contributed by atoms with van der Waals surface area (Å²) in [6.07, 6.45) is 4.73. The summed E-state index contributed by atoms with van der Waals surface area (Å²) in [5.74, 6) is 0.483. The second kappa shape index (κ2) is 5.27. The fourth-order valence-corrected chi connectivity index (χ4v) is 2.49. The van der Waals surface area contributed by atoms with Crippen molar-refractivity contribution in [3.05, 3.63) is 29.6 Å². The van der Waals surface area contributed by atoms with E-state index in [4.69, 9.17) is 10.5 Å². The third-order valence-electron chi connectivity index (χ3n) is 3.82. The molecule has 0 unspecified atom stereocenters. The first-order chi connectivity index (χ1) is 8.50. The van der Waals surface area contributed by atoms with Gasteiger partial charge in [-0.15, -0.1) is 0 Å². The molecule has 2 rings (SSSR count). The van der Waals surface area contributed by atoms with Crippen molar-refractivity contribution in [3.63, 3.8) is 0 Å². The van der Waals surface area contributed by atoms with Crippen LogP contribution in [0, 0.1) is 11.2 Å². The molecule has 1 aromatic carbocycles. The highest BCUT2D eigenvalue weighted by molar-refractivity contribution is 5.34. The van der Waals surface area contributed by atoms with Crippen molar-refractivity contribution in [3.8, 4) is 5.75 Å². The minimum atomic E-state index is -0.257. The van der Waals surface area contributed by atoms with Crippen molar-refractivity contribution in [2.75, 3.05) is 0 Å². The quantitative estimate of drug-likeness (QED) is 0.890. The molecule has 1 aliphatic rings. The Morgan fingerprint density at radius 1 is 1.33 bits per heavy atom. The molecule has 0 amide bonds. The summed E-state index contributed by atoms with van der Waals surface area (Å²) in [5, 5.41) is 0. The van der Waals surface area contributed by atoms with E-state index in [1.54, 1.807) is 6.07 Å². The zero-order chi connectivity index (χ0) is 13.2. The van der Waals surface area contributed by atoms with Crippen LogP contribution < -0.4 is 10.5 Å². The van der Waals surface area contributed by atoms with Gasteiger partial charge in [-0.05, 0) is 49.3 Å². The molecule has 2 nitrogen and oxygen atoms in total. The predicted octanol–water partition coefficient (Wildman–Crippen LogP) is 3.63. The highest BCUT2D eigenvalue weighted by atomic mass is 19.1. The SMILES string of the molecule is CC1(C)CCC(Oc2ccc(F)cc2CN)CC1. The van der Waals surface area contributed by atoms with Gasteiger partial charge in [0.1, 0.15) is 11.6 Å². The largest absolute Gasteiger partial charge is 0.490 e. The molecule has 0 aromatic heterocycles. The van der Waals surface area contributed by atoms with Gasteiger partial charge in [0, 0.05) is 12.1 Å². The first-order valence-corrected chi connectivity index (χ1v) is 6.65. The molecule has 1 aromatic rings. The molecule has 0 atom stereocenters. The van der Waals surface area contributed by atoms with Crippen LogP contribution in [0.1, 0.15) is 45.1 Å². The van der Waals surface area contributed by atoms with Crippen LogP contribution >= 0.6 is 0 Å². The molecule has 0 saturated heterocycles. The maximum absolute atomic E-state index is 13.1. The molecular formula is C15H22FNO. The summed E-state index contributed by atoms with van der Waals surface area (Å²) in [7, 11) is 0. The van der Waals surface area contributed by atoms with Gasteiger partial charge in [-0.1, -0.05) is 13.8 Å². The number of hydrogen-bond donors (Lipinski definition) is 1. The molecule has 0 spiro atoms. The Hall–Kier alpha value is -1.09. The van der Waals surface area contributed by atoms with Crippen LogP contribution in [0.15, 0.2) is 18.2 Å². The Kier molecular flexibility index (Phi) is 3.91. The van der Waals surface area contributed by atoms with Crippen molar-refractivity contribution in [1.29, 1.82) is 0 Å². The van der Waals surface area contributed by atoms with Gasteiger partial charge in [-0.2, -0.15) is 0 Å². The molecule has 1 fully saturated rings. The van der Waals surface area contributed by atoms with Gasteiger partial charge in [-0.3, -0.25) is 0 Å². The minimum absolute atomic E-state index is 0.244. The van der Waals surface area contributed by atoms with Crippen LogP contribution in [0.3, 0.4) is 0 Å². The van der Waals surface area contributed by atoms with E-state index in [2.05, 4.69) is 13.8 Å². The number of hydrogen-bond acceptors (Lipinski definition) is 2. The van der Waals surface area contributed by atoms with Crippen molar-refractivity contribution in [2.45, 2.75) is 52.2 Å². The lowest BCUT2D eigenvalue weighted by molar-refractivity contribution is 0.0979. The number of halogens is 1. The van der Waals surface area contributed by atoms with Gasteiger partial charge < -0.3 is 10.5 Å². The van der Waals surface area contributed by atoms with Gasteiger partial charge in [-0.25, -0.2) is 4.39 Å². The molecular weight excluding hydrogens is 229 g/mol. The second-order valence-corrected chi connectivity index (χ2v) is 5.94. The molecule has 3 heteroatoms. The predicted molar refractivity (Wildman–Crippen MR) is 71.0 cm³/mol. The lowest BCUT2D eigenvalue weighted by Crippen LogP contribution is -2.28. The lowest BCUT2D eigenvalue weighted by Gasteiger charge is -2.34. The van der Waals surface area contributed by atoms with Crippen LogP contribution in [-0.2, 0) is 6.54 Å². The summed E-state index contributed by atoms with van der Waals surface area (Å²) in [5.41, 5.74) is 6.80. The molecule has 18 heavy (non-hydrogen) atoms. The third-order valence-corrected chi connectivity index (χ3v) is 3.82. The van der Waals surface area contributed by atoms with Crippen molar-refractivity contribution in [2.24, 2.45) is 11.1 Å². The van der Waals surface area contributed by atoms with Crippen LogP contribution in [0.5, 0.6) is 5.75 Å². The average Bonchev–Trinajstić information content (AvgIpc) is 2.34. The standard InChI is InChI=1S/C15H22FNO/c1-15(2)7-5-13(6-8-15)18-14-4-3-12(16)9-11(14)10-17/h3-4,9,13H,5-8,10,17H2,1-2H3. The van der Waals surface area contributed by atoms with E-state index >= 15 is 0 Å². The molecule has 0 aliphatic heterocycles. The zero-order valence-corrected chi connectivity index (χ0v) is 11.2. The fourth-order valence-electron chi connectivity index (χ4n) is 2.49. The Labute approximate surface area is 108 Å². The van der Waals surface area contributed by atoms with Crippen LogP contribution in [-0.4, -0.2) is 6.10 Å². The first-order valence-electron chi connectivity index (χ1n) is 6.65. The first kappa shape index (κ1) is 13.3.